The molecule has 3 aromatic rings. The largest absolute Gasteiger partial charge is 0.304 e. The molecule has 98 valence electrons. The van der Waals surface area contributed by atoms with Gasteiger partial charge in [-0.2, -0.15) is 0 Å². The van der Waals surface area contributed by atoms with Crippen molar-refractivity contribution >= 4 is 34.2 Å². The number of nitrogens with one attached hydrogen (secondary N) is 1. The highest BCUT2D eigenvalue weighted by Crippen LogP contribution is 2.13. The SMILES string of the molecule is O=C(Nc1cnc(Cl)cn1)c1ccc2ccccc2n1. The molecular formula is C14H9ClN4O. The van der Waals surface area contributed by atoms with Gasteiger partial charge >= 0.3 is 0 Å². The quantitative estimate of drug-likeness (QED) is 0.785. The summed E-state index contributed by atoms with van der Waals surface area (Å²) in [5.41, 5.74) is 1.09. The number of benzene rings is 1. The molecule has 0 aliphatic rings. The second kappa shape index (κ2) is 5.22. The zero-order valence-corrected chi connectivity index (χ0v) is 11.0. The summed E-state index contributed by atoms with van der Waals surface area (Å²) >= 11 is 5.63. The van der Waals surface area contributed by atoms with Crippen molar-refractivity contribution in [1.82, 2.24) is 15.0 Å². The first-order chi connectivity index (χ1) is 9.72. The summed E-state index contributed by atoms with van der Waals surface area (Å²) in [7, 11) is 0. The van der Waals surface area contributed by atoms with Gasteiger partial charge in [0.05, 0.1) is 17.9 Å². The van der Waals surface area contributed by atoms with E-state index in [2.05, 4.69) is 20.3 Å². The van der Waals surface area contributed by atoms with Crippen LogP contribution in [0.25, 0.3) is 10.9 Å². The molecule has 0 radical (unpaired) electrons. The minimum atomic E-state index is -0.340. The zero-order valence-electron chi connectivity index (χ0n) is 10.2. The van der Waals surface area contributed by atoms with Crippen LogP contribution in [-0.4, -0.2) is 20.9 Å². The van der Waals surface area contributed by atoms with E-state index in [9.17, 15) is 4.79 Å². The van der Waals surface area contributed by atoms with E-state index in [1.165, 1.54) is 12.4 Å². The molecule has 0 bridgehead atoms. The molecule has 0 atom stereocenters. The molecule has 2 heterocycles. The number of carbonyl (C=O) groups is 1. The van der Waals surface area contributed by atoms with Crippen LogP contribution in [0.4, 0.5) is 5.82 Å². The lowest BCUT2D eigenvalue weighted by molar-refractivity contribution is 0.102. The van der Waals surface area contributed by atoms with Crippen LogP contribution in [0, 0.1) is 0 Å². The van der Waals surface area contributed by atoms with Crippen molar-refractivity contribution in [3.63, 3.8) is 0 Å². The van der Waals surface area contributed by atoms with Crippen LogP contribution in [0.2, 0.25) is 5.15 Å². The number of anilines is 1. The van der Waals surface area contributed by atoms with Gasteiger partial charge in [0.25, 0.3) is 5.91 Å². The van der Waals surface area contributed by atoms with Crippen molar-refractivity contribution in [2.75, 3.05) is 5.32 Å². The van der Waals surface area contributed by atoms with Crippen LogP contribution >= 0.6 is 11.6 Å². The Balaban J connectivity index is 1.86. The molecule has 6 heteroatoms. The Morgan fingerprint density at radius 3 is 2.70 bits per heavy atom. The Hall–Kier alpha value is -2.53. The van der Waals surface area contributed by atoms with Crippen LogP contribution in [0.15, 0.2) is 48.8 Å². The van der Waals surface area contributed by atoms with E-state index in [1.807, 2.05) is 30.3 Å². The second-order valence-corrected chi connectivity index (χ2v) is 4.45. The average Bonchev–Trinajstić information content (AvgIpc) is 2.49. The van der Waals surface area contributed by atoms with Gasteiger partial charge in [0.15, 0.2) is 5.82 Å². The van der Waals surface area contributed by atoms with Gasteiger partial charge in [0, 0.05) is 5.39 Å². The van der Waals surface area contributed by atoms with E-state index in [-0.39, 0.29) is 11.1 Å². The van der Waals surface area contributed by atoms with Crippen LogP contribution < -0.4 is 5.32 Å². The zero-order chi connectivity index (χ0) is 13.9. The molecule has 1 aromatic carbocycles. The van der Waals surface area contributed by atoms with Crippen LogP contribution in [0.1, 0.15) is 10.5 Å². The van der Waals surface area contributed by atoms with Crippen molar-refractivity contribution in [2.45, 2.75) is 0 Å². The Morgan fingerprint density at radius 2 is 1.90 bits per heavy atom. The molecule has 2 aromatic heterocycles. The molecule has 0 fully saturated rings. The molecule has 0 aliphatic carbocycles. The number of nitrogens with zero attached hydrogens (tertiary/aromatic N) is 3. The summed E-state index contributed by atoms with van der Waals surface area (Å²) in [5, 5.41) is 3.87. The standard InChI is InChI=1S/C14H9ClN4O/c15-12-7-17-13(8-16-12)19-14(20)11-6-5-9-3-1-2-4-10(9)18-11/h1-8H,(H,17,19,20). The monoisotopic (exact) mass is 284 g/mol. The number of halogens is 1. The second-order valence-electron chi connectivity index (χ2n) is 4.07. The Labute approximate surface area is 119 Å². The lowest BCUT2D eigenvalue weighted by atomic mass is 10.2. The molecular weight excluding hydrogens is 276 g/mol. The van der Waals surface area contributed by atoms with Gasteiger partial charge in [-0.05, 0) is 12.1 Å². The topological polar surface area (TPSA) is 67.8 Å². The van der Waals surface area contributed by atoms with E-state index in [1.54, 1.807) is 6.07 Å². The van der Waals surface area contributed by atoms with E-state index >= 15 is 0 Å². The molecule has 0 aliphatic heterocycles. The van der Waals surface area contributed by atoms with Gasteiger partial charge in [-0.1, -0.05) is 35.9 Å². The summed E-state index contributed by atoms with van der Waals surface area (Å²) in [5.74, 6) is -0.0123. The van der Waals surface area contributed by atoms with Crippen LogP contribution in [-0.2, 0) is 0 Å². The van der Waals surface area contributed by atoms with Gasteiger partial charge < -0.3 is 5.32 Å². The third-order valence-electron chi connectivity index (χ3n) is 2.69. The van der Waals surface area contributed by atoms with E-state index in [4.69, 9.17) is 11.6 Å². The van der Waals surface area contributed by atoms with Crippen molar-refractivity contribution < 1.29 is 4.79 Å². The fourth-order valence-electron chi connectivity index (χ4n) is 1.75. The predicted octanol–water partition coefficient (Wildman–Crippen LogP) is 2.93. The van der Waals surface area contributed by atoms with Crippen LogP contribution in [0.5, 0.6) is 0 Å². The maximum absolute atomic E-state index is 12.1. The number of para-hydroxylation sites is 1. The fraction of sp³-hybridized carbons (Fsp3) is 0. The highest BCUT2D eigenvalue weighted by molar-refractivity contribution is 6.29. The van der Waals surface area contributed by atoms with Gasteiger partial charge in [-0.3, -0.25) is 4.79 Å². The summed E-state index contributed by atoms with van der Waals surface area (Å²) in [6.45, 7) is 0. The van der Waals surface area contributed by atoms with Gasteiger partial charge in [0.2, 0.25) is 0 Å². The predicted molar refractivity (Wildman–Crippen MR) is 76.7 cm³/mol. The van der Waals surface area contributed by atoms with Crippen molar-refractivity contribution in [1.29, 1.82) is 0 Å². The van der Waals surface area contributed by atoms with Crippen LogP contribution in [0.3, 0.4) is 0 Å². The summed E-state index contributed by atoms with van der Waals surface area (Å²) < 4.78 is 0. The number of amides is 1. The normalized spacial score (nSPS) is 10.4. The average molecular weight is 285 g/mol. The molecule has 0 saturated carbocycles. The maximum atomic E-state index is 12.1. The molecule has 1 amide bonds. The Bertz CT molecular complexity index is 773. The molecule has 3 rings (SSSR count). The first-order valence-electron chi connectivity index (χ1n) is 5.87. The Morgan fingerprint density at radius 1 is 1.05 bits per heavy atom. The number of aromatic nitrogens is 3. The van der Waals surface area contributed by atoms with Gasteiger partial charge in [-0.25, -0.2) is 15.0 Å². The number of hydrogen-bond donors (Lipinski definition) is 1. The fourth-order valence-corrected chi connectivity index (χ4v) is 1.85. The maximum Gasteiger partial charge on any atom is 0.275 e. The van der Waals surface area contributed by atoms with E-state index in [0.29, 0.717) is 11.5 Å². The Kier molecular flexibility index (Phi) is 3.26. The molecule has 5 nitrogen and oxygen atoms in total. The number of hydrogen-bond acceptors (Lipinski definition) is 4. The third kappa shape index (κ3) is 2.57. The highest BCUT2D eigenvalue weighted by atomic mass is 35.5. The summed E-state index contributed by atoms with van der Waals surface area (Å²) in [4.78, 5) is 24.2. The first kappa shape index (κ1) is 12.5. The lowest BCUT2D eigenvalue weighted by Crippen LogP contribution is -2.14. The summed E-state index contributed by atoms with van der Waals surface area (Å²) in [6, 6.07) is 11.1. The number of fused-ring (bicyclic) bond motifs is 1. The highest BCUT2D eigenvalue weighted by Gasteiger charge is 2.09. The minimum Gasteiger partial charge on any atom is -0.304 e. The number of carbonyl (C=O) groups excluding carboxylic acids is 1. The van der Waals surface area contributed by atoms with Gasteiger partial charge in [0.1, 0.15) is 10.8 Å². The van der Waals surface area contributed by atoms with Crippen molar-refractivity contribution in [2.24, 2.45) is 0 Å². The number of rotatable bonds is 2. The lowest BCUT2D eigenvalue weighted by Gasteiger charge is -2.04. The van der Waals surface area contributed by atoms with Crippen molar-refractivity contribution in [3.05, 3.63) is 59.6 Å². The molecule has 0 unspecified atom stereocenters. The first-order valence-corrected chi connectivity index (χ1v) is 6.25. The minimum absolute atomic E-state index is 0.270. The smallest absolute Gasteiger partial charge is 0.275 e. The molecule has 0 spiro atoms. The van der Waals surface area contributed by atoms with Gasteiger partial charge in [-0.15, -0.1) is 0 Å². The third-order valence-corrected chi connectivity index (χ3v) is 2.89. The molecule has 0 saturated heterocycles. The summed E-state index contributed by atoms with van der Waals surface area (Å²) in [6.07, 6.45) is 2.76. The van der Waals surface area contributed by atoms with Crippen molar-refractivity contribution in [3.8, 4) is 0 Å². The molecule has 20 heavy (non-hydrogen) atoms. The van der Waals surface area contributed by atoms with E-state index < -0.39 is 0 Å². The van der Waals surface area contributed by atoms with E-state index in [0.717, 1.165) is 10.9 Å². The molecule has 1 N–H and O–H groups in total. The number of pyridine rings is 1.